The van der Waals surface area contributed by atoms with Crippen LogP contribution in [0.1, 0.15) is 5.56 Å². The molecule has 0 aliphatic heterocycles. The van der Waals surface area contributed by atoms with Gasteiger partial charge in [0.05, 0.1) is 12.8 Å². The van der Waals surface area contributed by atoms with Crippen molar-refractivity contribution >= 4 is 28.5 Å². The summed E-state index contributed by atoms with van der Waals surface area (Å²) in [6, 6.07) is 14.0. The number of ether oxygens (including phenoxy) is 2. The number of rotatable bonds is 8. The molecule has 0 aliphatic carbocycles. The van der Waals surface area contributed by atoms with Gasteiger partial charge in [0.2, 0.25) is 5.91 Å². The zero-order valence-electron chi connectivity index (χ0n) is 15.5. The van der Waals surface area contributed by atoms with Gasteiger partial charge in [-0.2, -0.15) is 0 Å². The van der Waals surface area contributed by atoms with Crippen LogP contribution in [0.3, 0.4) is 0 Å². The second-order valence-corrected chi connectivity index (χ2v) is 6.72. The summed E-state index contributed by atoms with van der Waals surface area (Å²) in [5.74, 6) is 0.788. The number of hydrogen-bond donors (Lipinski definition) is 1. The molecular formula is C21H18F2N2O3S. The Bertz CT molecular complexity index is 970. The quantitative estimate of drug-likeness (QED) is 0.518. The molecule has 0 fully saturated rings. The Morgan fingerprint density at radius 2 is 1.83 bits per heavy atom. The minimum absolute atomic E-state index is 0.321. The molecule has 0 aliphatic rings. The molecule has 29 heavy (non-hydrogen) atoms. The summed E-state index contributed by atoms with van der Waals surface area (Å²) in [5.41, 5.74) is 2.42. The summed E-state index contributed by atoms with van der Waals surface area (Å²) in [4.78, 5) is 16.5. The predicted molar refractivity (Wildman–Crippen MR) is 110 cm³/mol. The molecule has 3 rings (SSSR count). The van der Waals surface area contributed by atoms with Crippen LogP contribution in [-0.4, -0.2) is 31.0 Å². The van der Waals surface area contributed by atoms with Crippen molar-refractivity contribution in [2.75, 3.05) is 19.0 Å². The lowest BCUT2D eigenvalue weighted by Gasteiger charge is -2.05. The summed E-state index contributed by atoms with van der Waals surface area (Å²) in [5, 5.41) is 5.07. The predicted octanol–water partition coefficient (Wildman–Crippen LogP) is 5.11. The molecule has 0 radical (unpaired) electrons. The number of halogens is 2. The van der Waals surface area contributed by atoms with E-state index in [2.05, 4.69) is 10.3 Å². The van der Waals surface area contributed by atoms with Gasteiger partial charge in [0.15, 0.2) is 5.13 Å². The maximum Gasteiger partial charge on any atom is 0.272 e. The Morgan fingerprint density at radius 1 is 1.14 bits per heavy atom. The third-order valence-corrected chi connectivity index (χ3v) is 4.56. The van der Waals surface area contributed by atoms with Crippen molar-refractivity contribution in [1.82, 2.24) is 4.98 Å². The average Bonchev–Trinajstić information content (AvgIpc) is 3.20. The van der Waals surface area contributed by atoms with Crippen molar-refractivity contribution in [3.63, 3.8) is 0 Å². The van der Waals surface area contributed by atoms with Crippen molar-refractivity contribution < 1.29 is 23.0 Å². The highest BCUT2D eigenvalue weighted by molar-refractivity contribution is 7.14. The monoisotopic (exact) mass is 416 g/mol. The van der Waals surface area contributed by atoms with E-state index in [1.807, 2.05) is 29.6 Å². The van der Waals surface area contributed by atoms with Gasteiger partial charge >= 0.3 is 0 Å². The summed E-state index contributed by atoms with van der Waals surface area (Å²) in [6.07, 6.45) is 0.475. The second kappa shape index (κ2) is 9.79. The first-order valence-electron chi connectivity index (χ1n) is 8.63. The molecule has 2 aromatic carbocycles. The number of carbonyl (C=O) groups excluding carboxylic acids is 1. The highest BCUT2D eigenvalue weighted by Gasteiger charge is 2.07. The minimum atomic E-state index is -2.52. The van der Waals surface area contributed by atoms with Gasteiger partial charge in [0, 0.05) is 17.0 Å². The summed E-state index contributed by atoms with van der Waals surface area (Å²) >= 11 is 1.33. The largest absolute Gasteiger partial charge is 0.497 e. The Kier molecular flexibility index (Phi) is 6.91. The first-order chi connectivity index (χ1) is 14.0. The number of methoxy groups -OCH3 is 1. The van der Waals surface area contributed by atoms with E-state index in [0.29, 0.717) is 10.9 Å². The SMILES string of the molecule is COc1ccc(-c2csc(NC(=O)/C=C\c3ccc(OCC(F)F)cc3)n2)cc1. The highest BCUT2D eigenvalue weighted by atomic mass is 32.1. The van der Waals surface area contributed by atoms with Gasteiger partial charge in [-0.05, 0) is 48.0 Å². The van der Waals surface area contributed by atoms with Crippen LogP contribution in [0.15, 0.2) is 60.0 Å². The molecular weight excluding hydrogens is 398 g/mol. The number of thiazole rings is 1. The van der Waals surface area contributed by atoms with Crippen LogP contribution in [0, 0.1) is 0 Å². The fourth-order valence-electron chi connectivity index (χ4n) is 2.38. The number of benzene rings is 2. The third-order valence-electron chi connectivity index (χ3n) is 3.80. The average molecular weight is 416 g/mol. The highest BCUT2D eigenvalue weighted by Crippen LogP contribution is 2.26. The smallest absolute Gasteiger partial charge is 0.272 e. The van der Waals surface area contributed by atoms with Crippen molar-refractivity contribution in [1.29, 1.82) is 0 Å². The van der Waals surface area contributed by atoms with Crippen LogP contribution in [0.25, 0.3) is 17.3 Å². The first-order valence-corrected chi connectivity index (χ1v) is 9.51. The molecule has 0 spiro atoms. The number of carbonyl (C=O) groups is 1. The molecule has 0 saturated heterocycles. The second-order valence-electron chi connectivity index (χ2n) is 5.86. The number of anilines is 1. The maximum absolute atomic E-state index is 12.1. The number of alkyl halides is 2. The minimum Gasteiger partial charge on any atom is -0.497 e. The van der Waals surface area contributed by atoms with Crippen molar-refractivity contribution in [2.45, 2.75) is 6.43 Å². The molecule has 1 heterocycles. The fourth-order valence-corrected chi connectivity index (χ4v) is 3.10. The molecule has 3 aromatic rings. The zero-order valence-corrected chi connectivity index (χ0v) is 16.3. The molecule has 0 bridgehead atoms. The van der Waals surface area contributed by atoms with E-state index in [1.165, 1.54) is 17.4 Å². The van der Waals surface area contributed by atoms with Gasteiger partial charge in [0.1, 0.15) is 18.1 Å². The van der Waals surface area contributed by atoms with Crippen LogP contribution in [0.2, 0.25) is 0 Å². The number of hydrogen-bond acceptors (Lipinski definition) is 5. The van der Waals surface area contributed by atoms with Crippen LogP contribution in [-0.2, 0) is 4.79 Å². The fraction of sp³-hybridized carbons (Fsp3) is 0.143. The van der Waals surface area contributed by atoms with Crippen LogP contribution >= 0.6 is 11.3 Å². The number of nitrogens with zero attached hydrogens (tertiary/aromatic N) is 1. The lowest BCUT2D eigenvalue weighted by Crippen LogP contribution is -2.07. The van der Waals surface area contributed by atoms with E-state index in [9.17, 15) is 13.6 Å². The van der Waals surface area contributed by atoms with E-state index < -0.39 is 13.0 Å². The van der Waals surface area contributed by atoms with Gasteiger partial charge < -0.3 is 9.47 Å². The van der Waals surface area contributed by atoms with E-state index >= 15 is 0 Å². The van der Waals surface area contributed by atoms with E-state index in [1.54, 1.807) is 37.5 Å². The zero-order chi connectivity index (χ0) is 20.6. The first kappa shape index (κ1) is 20.5. The number of aromatic nitrogens is 1. The molecule has 5 nitrogen and oxygen atoms in total. The molecule has 8 heteroatoms. The van der Waals surface area contributed by atoms with E-state index in [0.717, 1.165) is 22.6 Å². The maximum atomic E-state index is 12.1. The normalized spacial score (nSPS) is 11.0. The van der Waals surface area contributed by atoms with Gasteiger partial charge in [-0.3, -0.25) is 10.1 Å². The lowest BCUT2D eigenvalue weighted by molar-refractivity contribution is -0.111. The summed E-state index contributed by atoms with van der Waals surface area (Å²) < 4.78 is 34.3. The Morgan fingerprint density at radius 3 is 2.48 bits per heavy atom. The van der Waals surface area contributed by atoms with Crippen molar-refractivity contribution in [2.24, 2.45) is 0 Å². The molecule has 0 unspecified atom stereocenters. The molecule has 1 amide bonds. The summed E-state index contributed by atoms with van der Waals surface area (Å²) in [6.45, 7) is -0.649. The Balaban J connectivity index is 1.55. The van der Waals surface area contributed by atoms with E-state index in [-0.39, 0.29) is 5.91 Å². The van der Waals surface area contributed by atoms with E-state index in [4.69, 9.17) is 9.47 Å². The van der Waals surface area contributed by atoms with Crippen LogP contribution < -0.4 is 14.8 Å². The lowest BCUT2D eigenvalue weighted by atomic mass is 10.2. The standard InChI is InChI=1S/C21H18F2N2O3S/c1-27-16-9-5-15(6-10-16)18-13-29-21(24-18)25-20(26)11-4-14-2-7-17(8-3-14)28-12-19(22)23/h2-11,13,19H,12H2,1H3,(H,24,25,26)/b11-4-. The van der Waals surface area contributed by atoms with Crippen molar-refractivity contribution in [3.05, 3.63) is 65.6 Å². The molecule has 1 N–H and O–H groups in total. The molecule has 0 atom stereocenters. The Labute approximate surface area is 170 Å². The topological polar surface area (TPSA) is 60.5 Å². The number of nitrogens with one attached hydrogen (secondary N) is 1. The third kappa shape index (κ3) is 6.11. The number of amides is 1. The van der Waals surface area contributed by atoms with Gasteiger partial charge in [-0.15, -0.1) is 11.3 Å². The van der Waals surface area contributed by atoms with Gasteiger partial charge in [0.25, 0.3) is 6.43 Å². The van der Waals surface area contributed by atoms with Crippen LogP contribution in [0.4, 0.5) is 13.9 Å². The molecule has 150 valence electrons. The molecule has 1 aromatic heterocycles. The Hall–Kier alpha value is -3.26. The molecule has 0 saturated carbocycles. The van der Waals surface area contributed by atoms with Crippen molar-refractivity contribution in [3.8, 4) is 22.8 Å². The van der Waals surface area contributed by atoms with Crippen LogP contribution in [0.5, 0.6) is 11.5 Å². The van der Waals surface area contributed by atoms with Gasteiger partial charge in [-0.1, -0.05) is 12.1 Å². The van der Waals surface area contributed by atoms with Gasteiger partial charge in [-0.25, -0.2) is 13.8 Å². The summed E-state index contributed by atoms with van der Waals surface area (Å²) in [7, 11) is 1.61.